The quantitative estimate of drug-likeness (QED) is 0.925. The molecule has 0 saturated carbocycles. The molecule has 2 rings (SSSR count). The Bertz CT molecular complexity index is 478. The lowest BCUT2D eigenvalue weighted by Gasteiger charge is -2.36. The van der Waals surface area contributed by atoms with E-state index in [0.29, 0.717) is 39.1 Å². The fourth-order valence-electron chi connectivity index (χ4n) is 2.45. The molecule has 0 unspecified atom stereocenters. The predicted molar refractivity (Wildman–Crippen MR) is 81.7 cm³/mol. The van der Waals surface area contributed by atoms with Gasteiger partial charge in [-0.05, 0) is 37.5 Å². The number of rotatable bonds is 4. The molecule has 1 aromatic rings. The van der Waals surface area contributed by atoms with Crippen LogP contribution in [0.25, 0.3) is 0 Å². The van der Waals surface area contributed by atoms with E-state index < -0.39 is 5.54 Å². The molecular formula is C15H22ClFN2O2. The molecule has 0 bridgehead atoms. The van der Waals surface area contributed by atoms with E-state index in [1.165, 1.54) is 12.1 Å². The lowest BCUT2D eigenvalue weighted by atomic mass is 9.89. The minimum atomic E-state index is -0.846. The highest BCUT2D eigenvalue weighted by Crippen LogP contribution is 2.21. The standard InChI is InChI=1S/C15H21FN2O2.ClH/c1-2-18(11-12-4-3-5-13(16)10-12)14(19)15(17)6-8-20-9-7-15;/h3-5,10H,2,6-9,11,17H2,1H3;1H. The Morgan fingerprint density at radius 2 is 2.10 bits per heavy atom. The van der Waals surface area contributed by atoms with E-state index in [9.17, 15) is 9.18 Å². The lowest BCUT2D eigenvalue weighted by molar-refractivity contribution is -0.141. The molecule has 1 fully saturated rings. The summed E-state index contributed by atoms with van der Waals surface area (Å²) in [6.07, 6.45) is 1.07. The number of hydrogen-bond acceptors (Lipinski definition) is 3. The number of ether oxygens (including phenoxy) is 1. The van der Waals surface area contributed by atoms with Crippen molar-refractivity contribution in [1.82, 2.24) is 4.90 Å². The summed E-state index contributed by atoms with van der Waals surface area (Å²) in [5.41, 5.74) is 6.15. The topological polar surface area (TPSA) is 55.6 Å². The van der Waals surface area contributed by atoms with Crippen LogP contribution in [0.15, 0.2) is 24.3 Å². The Kier molecular flexibility index (Phi) is 6.58. The van der Waals surface area contributed by atoms with Crippen LogP contribution in [0.1, 0.15) is 25.3 Å². The zero-order valence-corrected chi connectivity index (χ0v) is 13.0. The van der Waals surface area contributed by atoms with Crippen LogP contribution in [0.5, 0.6) is 0 Å². The molecule has 1 aliphatic rings. The molecule has 1 amide bonds. The van der Waals surface area contributed by atoms with Gasteiger partial charge >= 0.3 is 0 Å². The summed E-state index contributed by atoms with van der Waals surface area (Å²) in [7, 11) is 0. The SMILES string of the molecule is CCN(Cc1cccc(F)c1)C(=O)C1(N)CCOCC1.Cl. The molecule has 0 atom stereocenters. The van der Waals surface area contributed by atoms with E-state index in [2.05, 4.69) is 0 Å². The first kappa shape index (κ1) is 17.9. The van der Waals surface area contributed by atoms with Crippen LogP contribution < -0.4 is 5.73 Å². The van der Waals surface area contributed by atoms with E-state index in [-0.39, 0.29) is 24.1 Å². The van der Waals surface area contributed by atoms with E-state index in [4.69, 9.17) is 10.5 Å². The molecule has 1 heterocycles. The van der Waals surface area contributed by atoms with Crippen molar-refractivity contribution in [1.29, 1.82) is 0 Å². The van der Waals surface area contributed by atoms with Gasteiger partial charge in [0, 0.05) is 26.3 Å². The Hall–Kier alpha value is -1.17. The van der Waals surface area contributed by atoms with Crippen molar-refractivity contribution in [2.45, 2.75) is 31.8 Å². The Morgan fingerprint density at radius 1 is 1.43 bits per heavy atom. The zero-order valence-electron chi connectivity index (χ0n) is 12.2. The number of amides is 1. The normalized spacial score (nSPS) is 16.9. The van der Waals surface area contributed by atoms with Gasteiger partial charge in [-0.15, -0.1) is 12.4 Å². The average Bonchev–Trinajstić information content (AvgIpc) is 2.45. The summed E-state index contributed by atoms with van der Waals surface area (Å²) in [5, 5.41) is 0. The van der Waals surface area contributed by atoms with E-state index in [1.54, 1.807) is 11.0 Å². The van der Waals surface area contributed by atoms with Gasteiger partial charge in [0.15, 0.2) is 0 Å². The third-order valence-electron chi connectivity index (χ3n) is 3.74. The first-order chi connectivity index (χ1) is 9.55. The van der Waals surface area contributed by atoms with Gasteiger partial charge in [0.2, 0.25) is 5.91 Å². The van der Waals surface area contributed by atoms with Crippen molar-refractivity contribution >= 4 is 18.3 Å². The summed E-state index contributed by atoms with van der Waals surface area (Å²) < 4.78 is 18.5. The summed E-state index contributed by atoms with van der Waals surface area (Å²) in [6, 6.07) is 6.30. The molecular weight excluding hydrogens is 295 g/mol. The van der Waals surface area contributed by atoms with Crippen LogP contribution in [-0.4, -0.2) is 36.1 Å². The third kappa shape index (κ3) is 4.40. The number of nitrogens with two attached hydrogens (primary N) is 1. The number of carbonyl (C=O) groups excluding carboxylic acids is 1. The predicted octanol–water partition coefficient (Wildman–Crippen LogP) is 2.10. The molecule has 1 aliphatic heterocycles. The molecule has 1 aromatic carbocycles. The number of hydrogen-bond donors (Lipinski definition) is 1. The first-order valence-electron chi connectivity index (χ1n) is 6.95. The minimum absolute atomic E-state index is 0. The monoisotopic (exact) mass is 316 g/mol. The van der Waals surface area contributed by atoms with Crippen molar-refractivity contribution in [2.75, 3.05) is 19.8 Å². The number of halogens is 2. The lowest BCUT2D eigenvalue weighted by Crippen LogP contribution is -2.57. The second kappa shape index (κ2) is 7.73. The van der Waals surface area contributed by atoms with Crippen LogP contribution in [0.2, 0.25) is 0 Å². The van der Waals surface area contributed by atoms with Gasteiger partial charge in [-0.1, -0.05) is 12.1 Å². The largest absolute Gasteiger partial charge is 0.381 e. The fraction of sp³-hybridized carbons (Fsp3) is 0.533. The molecule has 0 spiro atoms. The summed E-state index contributed by atoms with van der Waals surface area (Å²) in [6.45, 7) is 3.86. The van der Waals surface area contributed by atoms with Crippen molar-refractivity contribution in [3.8, 4) is 0 Å². The number of nitrogens with zero attached hydrogens (tertiary/aromatic N) is 1. The van der Waals surface area contributed by atoms with Crippen LogP contribution in [0, 0.1) is 5.82 Å². The minimum Gasteiger partial charge on any atom is -0.381 e. The zero-order chi connectivity index (χ0) is 14.6. The van der Waals surface area contributed by atoms with E-state index in [0.717, 1.165) is 5.56 Å². The molecule has 4 nitrogen and oxygen atoms in total. The number of carbonyl (C=O) groups is 1. The Labute approximate surface area is 130 Å². The molecule has 2 N–H and O–H groups in total. The first-order valence-corrected chi connectivity index (χ1v) is 6.95. The molecule has 118 valence electrons. The van der Waals surface area contributed by atoms with Gasteiger partial charge in [0.05, 0.1) is 5.54 Å². The Balaban J connectivity index is 0.00000220. The maximum Gasteiger partial charge on any atom is 0.243 e. The maximum atomic E-state index is 13.2. The van der Waals surface area contributed by atoms with Crippen LogP contribution in [-0.2, 0) is 16.1 Å². The van der Waals surface area contributed by atoms with Crippen molar-refractivity contribution < 1.29 is 13.9 Å². The molecule has 0 aromatic heterocycles. The van der Waals surface area contributed by atoms with Crippen molar-refractivity contribution in [3.05, 3.63) is 35.6 Å². The second-order valence-corrected chi connectivity index (χ2v) is 5.22. The molecule has 6 heteroatoms. The smallest absolute Gasteiger partial charge is 0.243 e. The second-order valence-electron chi connectivity index (χ2n) is 5.22. The Morgan fingerprint density at radius 3 is 2.67 bits per heavy atom. The highest BCUT2D eigenvalue weighted by molar-refractivity contribution is 5.86. The van der Waals surface area contributed by atoms with Crippen LogP contribution >= 0.6 is 12.4 Å². The van der Waals surface area contributed by atoms with Crippen molar-refractivity contribution in [2.24, 2.45) is 5.73 Å². The third-order valence-corrected chi connectivity index (χ3v) is 3.74. The van der Waals surface area contributed by atoms with Gasteiger partial charge in [0.25, 0.3) is 0 Å². The van der Waals surface area contributed by atoms with Gasteiger partial charge in [0.1, 0.15) is 5.82 Å². The average molecular weight is 317 g/mol. The highest BCUT2D eigenvalue weighted by Gasteiger charge is 2.38. The highest BCUT2D eigenvalue weighted by atomic mass is 35.5. The van der Waals surface area contributed by atoms with Crippen molar-refractivity contribution in [3.63, 3.8) is 0 Å². The van der Waals surface area contributed by atoms with Gasteiger partial charge < -0.3 is 15.4 Å². The van der Waals surface area contributed by atoms with Crippen LogP contribution in [0.4, 0.5) is 4.39 Å². The molecule has 0 aliphatic carbocycles. The number of likely N-dealkylation sites (N-methyl/N-ethyl adjacent to an activating group) is 1. The van der Waals surface area contributed by atoms with E-state index in [1.807, 2.05) is 13.0 Å². The number of benzene rings is 1. The van der Waals surface area contributed by atoms with Crippen LogP contribution in [0.3, 0.4) is 0 Å². The molecule has 0 radical (unpaired) electrons. The van der Waals surface area contributed by atoms with Gasteiger partial charge in [-0.3, -0.25) is 4.79 Å². The molecule has 1 saturated heterocycles. The van der Waals surface area contributed by atoms with E-state index >= 15 is 0 Å². The van der Waals surface area contributed by atoms with Gasteiger partial charge in [-0.2, -0.15) is 0 Å². The fourth-order valence-corrected chi connectivity index (χ4v) is 2.45. The molecule has 21 heavy (non-hydrogen) atoms. The maximum absolute atomic E-state index is 13.2. The summed E-state index contributed by atoms with van der Waals surface area (Å²) in [5.74, 6) is -0.368. The summed E-state index contributed by atoms with van der Waals surface area (Å²) in [4.78, 5) is 14.3. The summed E-state index contributed by atoms with van der Waals surface area (Å²) >= 11 is 0. The van der Waals surface area contributed by atoms with Gasteiger partial charge in [-0.25, -0.2) is 4.39 Å².